The smallest absolute Gasteiger partial charge is 0.362 e. The van der Waals surface area contributed by atoms with Crippen molar-refractivity contribution >= 4 is 31.6 Å². The fourth-order valence-corrected chi connectivity index (χ4v) is 6.21. The Bertz CT molecular complexity index is 1220. The van der Waals surface area contributed by atoms with Crippen molar-refractivity contribution in [2.24, 2.45) is 5.14 Å². The van der Waals surface area contributed by atoms with E-state index in [1.165, 1.54) is 0 Å². The van der Waals surface area contributed by atoms with Crippen LogP contribution < -0.4 is 14.3 Å². The van der Waals surface area contributed by atoms with Gasteiger partial charge in [0, 0.05) is 19.6 Å². The third-order valence-electron chi connectivity index (χ3n) is 5.39. The van der Waals surface area contributed by atoms with Gasteiger partial charge in [-0.3, -0.25) is 4.31 Å². The van der Waals surface area contributed by atoms with Crippen molar-refractivity contribution in [3.8, 4) is 0 Å². The van der Waals surface area contributed by atoms with E-state index in [4.69, 9.17) is 5.14 Å². The molecule has 0 radical (unpaired) electrons. The highest BCUT2D eigenvalue weighted by molar-refractivity contribution is 7.92. The third kappa shape index (κ3) is 3.97. The summed E-state index contributed by atoms with van der Waals surface area (Å²) in [4.78, 5) is 1.40. The predicted molar refractivity (Wildman–Crippen MR) is 108 cm³/mol. The van der Waals surface area contributed by atoms with E-state index in [9.17, 15) is 30.0 Å². The van der Waals surface area contributed by atoms with Crippen molar-refractivity contribution in [1.82, 2.24) is 4.31 Å². The SMILES string of the molecule is NS(=O)(=O)N1CCN2c3ccccc3N(S(=O)(=O)c3cccc(C(F)(F)F)c3)CC2C1. The van der Waals surface area contributed by atoms with Crippen LogP contribution in [0.2, 0.25) is 0 Å². The number of nitrogens with zero attached hydrogens (tertiary/aromatic N) is 3. The standard InChI is InChI=1S/C18H19F3N4O4S2/c19-18(20,21)13-4-3-5-15(10-13)30(26,27)25-12-14-11-23(31(22,28)29)8-9-24(14)16-6-1-2-7-17(16)25/h1-7,10,14H,8-9,11-12H2,(H2,22,28,29). The molecule has 2 aliphatic rings. The second kappa shape index (κ2) is 7.36. The fraction of sp³-hybridized carbons (Fsp3) is 0.333. The first-order chi connectivity index (χ1) is 14.4. The van der Waals surface area contributed by atoms with Gasteiger partial charge in [-0.2, -0.15) is 25.9 Å². The van der Waals surface area contributed by atoms with Gasteiger partial charge in [-0.25, -0.2) is 13.6 Å². The molecule has 0 amide bonds. The van der Waals surface area contributed by atoms with E-state index in [1.54, 1.807) is 24.3 Å². The molecule has 2 heterocycles. The van der Waals surface area contributed by atoms with Crippen LogP contribution in [0.3, 0.4) is 0 Å². The number of para-hydroxylation sites is 2. The van der Waals surface area contributed by atoms with Crippen LogP contribution in [0.15, 0.2) is 53.4 Å². The van der Waals surface area contributed by atoms with Gasteiger partial charge < -0.3 is 4.90 Å². The van der Waals surface area contributed by atoms with Gasteiger partial charge in [-0.15, -0.1) is 0 Å². The molecule has 31 heavy (non-hydrogen) atoms. The Morgan fingerprint density at radius 2 is 1.58 bits per heavy atom. The molecule has 0 bridgehead atoms. The zero-order valence-corrected chi connectivity index (χ0v) is 17.7. The number of benzene rings is 2. The lowest BCUT2D eigenvalue weighted by Gasteiger charge is -2.48. The van der Waals surface area contributed by atoms with E-state index in [0.29, 0.717) is 24.0 Å². The minimum Gasteiger partial charge on any atom is -0.362 e. The van der Waals surface area contributed by atoms with Crippen LogP contribution in [-0.2, 0) is 26.4 Å². The number of hydrogen-bond acceptors (Lipinski definition) is 5. The number of anilines is 2. The molecule has 0 aliphatic carbocycles. The van der Waals surface area contributed by atoms with Crippen molar-refractivity contribution in [2.75, 3.05) is 35.4 Å². The summed E-state index contributed by atoms with van der Waals surface area (Å²) in [6.07, 6.45) is -4.69. The topological polar surface area (TPSA) is 104 Å². The Balaban J connectivity index is 1.77. The fourth-order valence-electron chi connectivity index (χ4n) is 3.93. The second-order valence-electron chi connectivity index (χ2n) is 7.30. The minimum absolute atomic E-state index is 0.0399. The largest absolute Gasteiger partial charge is 0.416 e. The Morgan fingerprint density at radius 3 is 2.23 bits per heavy atom. The molecule has 2 aromatic rings. The van der Waals surface area contributed by atoms with E-state index in [-0.39, 0.29) is 19.6 Å². The molecular formula is C18H19F3N4O4S2. The first-order valence-corrected chi connectivity index (χ1v) is 12.2. The van der Waals surface area contributed by atoms with Gasteiger partial charge in [-0.05, 0) is 30.3 Å². The molecule has 0 aromatic heterocycles. The predicted octanol–water partition coefficient (Wildman–Crippen LogP) is 1.61. The molecule has 1 atom stereocenters. The molecule has 8 nitrogen and oxygen atoms in total. The molecule has 168 valence electrons. The molecule has 0 spiro atoms. The van der Waals surface area contributed by atoms with Crippen LogP contribution in [0.25, 0.3) is 0 Å². The Labute approximate surface area is 177 Å². The van der Waals surface area contributed by atoms with Gasteiger partial charge in [0.1, 0.15) is 0 Å². The van der Waals surface area contributed by atoms with Crippen molar-refractivity contribution < 1.29 is 30.0 Å². The normalized spacial score (nSPS) is 20.3. The Morgan fingerprint density at radius 1 is 0.903 bits per heavy atom. The maximum Gasteiger partial charge on any atom is 0.416 e. The van der Waals surface area contributed by atoms with E-state index in [2.05, 4.69) is 0 Å². The van der Waals surface area contributed by atoms with Crippen molar-refractivity contribution in [2.45, 2.75) is 17.1 Å². The van der Waals surface area contributed by atoms with Crippen LogP contribution >= 0.6 is 0 Å². The highest BCUT2D eigenvalue weighted by atomic mass is 32.2. The zero-order valence-electron chi connectivity index (χ0n) is 16.0. The molecule has 2 aliphatic heterocycles. The Hall–Kier alpha value is -2.35. The number of rotatable bonds is 3. The average molecular weight is 477 g/mol. The van der Waals surface area contributed by atoms with Gasteiger partial charge in [-0.1, -0.05) is 18.2 Å². The molecule has 2 N–H and O–H groups in total. The van der Waals surface area contributed by atoms with Crippen molar-refractivity contribution in [3.63, 3.8) is 0 Å². The van der Waals surface area contributed by atoms with Crippen LogP contribution in [0, 0.1) is 0 Å². The number of alkyl halides is 3. The van der Waals surface area contributed by atoms with Gasteiger partial charge >= 0.3 is 6.18 Å². The summed E-state index contributed by atoms with van der Waals surface area (Å²) in [5.41, 5.74) is -0.192. The lowest BCUT2D eigenvalue weighted by molar-refractivity contribution is -0.137. The van der Waals surface area contributed by atoms with E-state index >= 15 is 0 Å². The van der Waals surface area contributed by atoms with Crippen LogP contribution in [0.5, 0.6) is 0 Å². The zero-order chi connectivity index (χ0) is 22.6. The maximum absolute atomic E-state index is 13.4. The van der Waals surface area contributed by atoms with Crippen molar-refractivity contribution in [3.05, 3.63) is 54.1 Å². The summed E-state index contributed by atoms with van der Waals surface area (Å²) in [5, 5.41) is 5.24. The lowest BCUT2D eigenvalue weighted by atomic mass is 10.1. The van der Waals surface area contributed by atoms with Crippen LogP contribution in [-0.4, -0.2) is 53.4 Å². The van der Waals surface area contributed by atoms with E-state index in [1.807, 2.05) is 4.90 Å². The first-order valence-electron chi connectivity index (χ1n) is 9.22. The maximum atomic E-state index is 13.4. The molecule has 1 unspecified atom stereocenters. The summed E-state index contributed by atoms with van der Waals surface area (Å²) in [6.45, 7) is 0.267. The van der Waals surface area contributed by atoms with Crippen molar-refractivity contribution in [1.29, 1.82) is 0 Å². The summed E-state index contributed by atoms with van der Waals surface area (Å²) in [5.74, 6) is 0. The molecule has 4 rings (SSSR count). The van der Waals surface area contributed by atoms with Crippen LogP contribution in [0.1, 0.15) is 5.56 Å². The molecule has 1 fully saturated rings. The molecule has 2 aromatic carbocycles. The number of piperazine rings is 1. The van der Waals surface area contributed by atoms with Gasteiger partial charge in [0.15, 0.2) is 0 Å². The van der Waals surface area contributed by atoms with Crippen LogP contribution in [0.4, 0.5) is 24.5 Å². The quantitative estimate of drug-likeness (QED) is 0.725. The van der Waals surface area contributed by atoms with E-state index < -0.39 is 42.9 Å². The summed E-state index contributed by atoms with van der Waals surface area (Å²) in [6, 6.07) is 9.61. The highest BCUT2D eigenvalue weighted by Crippen LogP contribution is 2.40. The molecule has 13 heteroatoms. The lowest BCUT2D eigenvalue weighted by Crippen LogP contribution is -2.62. The summed E-state index contributed by atoms with van der Waals surface area (Å²) < 4.78 is 91.8. The average Bonchev–Trinajstić information content (AvgIpc) is 2.71. The monoisotopic (exact) mass is 476 g/mol. The third-order valence-corrected chi connectivity index (χ3v) is 8.22. The van der Waals surface area contributed by atoms with Gasteiger partial charge in [0.25, 0.3) is 20.2 Å². The summed E-state index contributed by atoms with van der Waals surface area (Å²) in [7, 11) is -8.32. The number of fused-ring (bicyclic) bond motifs is 3. The number of nitrogens with two attached hydrogens (primary N) is 1. The van der Waals surface area contributed by atoms with E-state index in [0.717, 1.165) is 26.8 Å². The van der Waals surface area contributed by atoms with Gasteiger partial charge in [0.05, 0.1) is 34.4 Å². The minimum atomic E-state index is -4.69. The Kier molecular flexibility index (Phi) is 5.19. The molecular weight excluding hydrogens is 457 g/mol. The van der Waals surface area contributed by atoms with Gasteiger partial charge in [0.2, 0.25) is 0 Å². The molecule has 1 saturated heterocycles. The highest BCUT2D eigenvalue weighted by Gasteiger charge is 2.42. The number of hydrogen-bond donors (Lipinski definition) is 1. The first kappa shape index (κ1) is 21.9. The number of sulfonamides is 1. The second-order valence-corrected chi connectivity index (χ2v) is 10.7. The molecule has 0 saturated carbocycles. The number of halogens is 3. The summed E-state index contributed by atoms with van der Waals surface area (Å²) >= 11 is 0.